The minimum absolute atomic E-state index is 0.0889. The van der Waals surface area contributed by atoms with Crippen LogP contribution in [0, 0.1) is 5.92 Å². The molecule has 0 radical (unpaired) electrons. The Morgan fingerprint density at radius 3 is 2.74 bits per heavy atom. The zero-order valence-electron chi connectivity index (χ0n) is 14.1. The van der Waals surface area contributed by atoms with Gasteiger partial charge in [-0.25, -0.2) is 0 Å². The number of hydrogen-bond acceptors (Lipinski definition) is 4. The lowest BCUT2D eigenvalue weighted by molar-refractivity contribution is -0.317. The largest absolute Gasteiger partial charge is 0.482 e. The molecule has 1 fully saturated rings. The maximum atomic E-state index is 13.7. The Hall–Kier alpha value is -1.51. The van der Waals surface area contributed by atoms with E-state index in [0.29, 0.717) is 24.3 Å². The molecule has 1 aliphatic heterocycles. The lowest BCUT2D eigenvalue weighted by Crippen LogP contribution is -2.61. The summed E-state index contributed by atoms with van der Waals surface area (Å²) in [6.07, 6.45) is -2.67. The smallest absolute Gasteiger partial charge is 0.439 e. The van der Waals surface area contributed by atoms with Crippen molar-refractivity contribution in [2.75, 3.05) is 6.61 Å². The maximum absolute atomic E-state index is 13.7. The van der Waals surface area contributed by atoms with Crippen molar-refractivity contribution in [1.29, 1.82) is 0 Å². The summed E-state index contributed by atoms with van der Waals surface area (Å²) in [5.74, 6) is -2.28. The van der Waals surface area contributed by atoms with Crippen LogP contribution >= 0.6 is 23.2 Å². The van der Waals surface area contributed by atoms with Gasteiger partial charge in [0.05, 0.1) is 10.9 Å². The first-order valence-electron chi connectivity index (χ1n) is 8.42. The van der Waals surface area contributed by atoms with Crippen molar-refractivity contribution in [3.05, 3.63) is 28.2 Å². The summed E-state index contributed by atoms with van der Waals surface area (Å²) in [6, 6.07) is 4.24. The highest BCUT2D eigenvalue weighted by atomic mass is 35.5. The van der Waals surface area contributed by atoms with E-state index < -0.39 is 30.3 Å². The first kappa shape index (κ1) is 20.2. The molecule has 1 saturated carbocycles. The van der Waals surface area contributed by atoms with Crippen molar-refractivity contribution < 1.29 is 27.8 Å². The van der Waals surface area contributed by atoms with E-state index in [9.17, 15) is 23.1 Å². The summed E-state index contributed by atoms with van der Waals surface area (Å²) in [5, 5.41) is 14.9. The average molecular weight is 425 g/mol. The Kier molecular flexibility index (Phi) is 5.61. The fourth-order valence-electron chi connectivity index (χ4n) is 3.43. The molecule has 0 aromatic heterocycles. The molecule has 1 aromatic rings. The lowest BCUT2D eigenvalue weighted by Gasteiger charge is -2.37. The van der Waals surface area contributed by atoms with Gasteiger partial charge in [0.25, 0.3) is 11.6 Å². The van der Waals surface area contributed by atoms with Crippen LogP contribution in [0.2, 0.25) is 10.0 Å². The van der Waals surface area contributed by atoms with Gasteiger partial charge in [0.2, 0.25) is 0 Å². The van der Waals surface area contributed by atoms with E-state index in [2.05, 4.69) is 5.10 Å². The number of aliphatic hydroxyl groups is 1. The van der Waals surface area contributed by atoms with E-state index in [1.807, 2.05) is 0 Å². The highest BCUT2D eigenvalue weighted by molar-refractivity contribution is 6.35. The normalized spacial score (nSPS) is 25.6. The van der Waals surface area contributed by atoms with Crippen molar-refractivity contribution in [3.63, 3.8) is 0 Å². The molecule has 5 nitrogen and oxygen atoms in total. The number of hydrazone groups is 1. The molecule has 0 spiro atoms. The van der Waals surface area contributed by atoms with Crippen LogP contribution in [-0.4, -0.2) is 40.2 Å². The van der Waals surface area contributed by atoms with E-state index in [1.165, 1.54) is 18.2 Å². The molecule has 1 N–H and O–H groups in total. The second kappa shape index (κ2) is 7.48. The number of fused-ring (bicyclic) bond motifs is 1. The van der Waals surface area contributed by atoms with Gasteiger partial charge in [-0.05, 0) is 37.5 Å². The van der Waals surface area contributed by atoms with E-state index in [0.717, 1.165) is 6.42 Å². The standard InChI is InChI=1S/C17H17Cl2F3N2O3/c18-10-6-7-14(12(19)8-10)27-9-15(25)24-16(26,17(20,21)22)11-4-2-1-3-5-13(11)23-24/h6-8,11,26H,1-5,9H2/t11-,16-/m1/s1. The van der Waals surface area contributed by atoms with Gasteiger partial charge in [-0.15, -0.1) is 0 Å². The topological polar surface area (TPSA) is 62.1 Å². The third-order valence-corrected chi connectivity index (χ3v) is 5.29. The highest BCUT2D eigenvalue weighted by Crippen LogP contribution is 2.47. The molecule has 10 heteroatoms. The first-order valence-corrected chi connectivity index (χ1v) is 9.17. The number of alkyl halides is 3. The zero-order chi connectivity index (χ0) is 19.8. The fraction of sp³-hybridized carbons (Fsp3) is 0.529. The van der Waals surface area contributed by atoms with Crippen LogP contribution in [-0.2, 0) is 4.79 Å². The molecule has 1 heterocycles. The van der Waals surface area contributed by atoms with Gasteiger partial charge in [0, 0.05) is 10.7 Å². The van der Waals surface area contributed by atoms with Gasteiger partial charge >= 0.3 is 6.18 Å². The molecular formula is C17H17Cl2F3N2O3. The molecule has 1 amide bonds. The molecule has 1 aromatic carbocycles. The van der Waals surface area contributed by atoms with Gasteiger partial charge < -0.3 is 9.84 Å². The number of ether oxygens (including phenoxy) is 1. The van der Waals surface area contributed by atoms with E-state index in [-0.39, 0.29) is 27.9 Å². The van der Waals surface area contributed by atoms with Crippen LogP contribution in [0.1, 0.15) is 32.1 Å². The number of amides is 1. The van der Waals surface area contributed by atoms with Gasteiger partial charge in [-0.2, -0.15) is 23.3 Å². The quantitative estimate of drug-likeness (QED) is 0.781. The van der Waals surface area contributed by atoms with Crippen LogP contribution in [0.15, 0.2) is 23.3 Å². The fourth-order valence-corrected chi connectivity index (χ4v) is 3.90. The Morgan fingerprint density at radius 1 is 1.33 bits per heavy atom. The molecule has 3 rings (SSSR count). The third-order valence-electron chi connectivity index (χ3n) is 4.76. The highest BCUT2D eigenvalue weighted by Gasteiger charge is 2.68. The second-order valence-electron chi connectivity index (χ2n) is 6.54. The number of hydrogen-bond donors (Lipinski definition) is 1. The Labute approximate surface area is 163 Å². The zero-order valence-corrected chi connectivity index (χ0v) is 15.6. The predicted octanol–water partition coefficient (Wildman–Crippen LogP) is 4.40. The molecule has 0 bridgehead atoms. The Morgan fingerprint density at radius 2 is 2.07 bits per heavy atom. The van der Waals surface area contributed by atoms with Crippen LogP contribution < -0.4 is 4.74 Å². The van der Waals surface area contributed by atoms with Crippen molar-refractivity contribution in [1.82, 2.24) is 5.01 Å². The minimum atomic E-state index is -5.05. The molecule has 2 aliphatic rings. The summed E-state index contributed by atoms with van der Waals surface area (Å²) in [5.41, 5.74) is -3.16. The molecule has 0 saturated heterocycles. The summed E-state index contributed by atoms with van der Waals surface area (Å²) >= 11 is 11.7. The minimum Gasteiger partial charge on any atom is -0.482 e. The van der Waals surface area contributed by atoms with Gasteiger partial charge in [0.15, 0.2) is 6.61 Å². The number of halogens is 5. The van der Waals surface area contributed by atoms with Crippen LogP contribution in [0.5, 0.6) is 5.75 Å². The summed E-state index contributed by atoms with van der Waals surface area (Å²) in [4.78, 5) is 12.5. The van der Waals surface area contributed by atoms with Gasteiger partial charge in [-0.1, -0.05) is 36.0 Å². The molecule has 2 atom stereocenters. The van der Waals surface area contributed by atoms with Crippen molar-refractivity contribution in [2.45, 2.75) is 44.0 Å². The van der Waals surface area contributed by atoms with Crippen LogP contribution in [0.4, 0.5) is 13.2 Å². The number of carbonyl (C=O) groups is 1. The van der Waals surface area contributed by atoms with Crippen LogP contribution in [0.3, 0.4) is 0 Å². The second-order valence-corrected chi connectivity index (χ2v) is 7.38. The van der Waals surface area contributed by atoms with Gasteiger partial charge in [0.1, 0.15) is 5.75 Å². The van der Waals surface area contributed by atoms with Crippen molar-refractivity contribution >= 4 is 34.8 Å². The first-order chi connectivity index (χ1) is 12.6. The van der Waals surface area contributed by atoms with E-state index >= 15 is 0 Å². The summed E-state index contributed by atoms with van der Waals surface area (Å²) in [6.45, 7) is -0.761. The SMILES string of the molecule is O=C(COc1ccc(Cl)cc1Cl)N1N=C2CCCCC[C@H]2[C@@]1(O)C(F)(F)F. The number of rotatable bonds is 3. The maximum Gasteiger partial charge on any atom is 0.439 e. The third kappa shape index (κ3) is 3.75. The number of carbonyl (C=O) groups excluding carboxylic acids is 1. The van der Waals surface area contributed by atoms with E-state index in [4.69, 9.17) is 27.9 Å². The van der Waals surface area contributed by atoms with E-state index in [1.54, 1.807) is 0 Å². The lowest BCUT2D eigenvalue weighted by atomic mass is 9.87. The monoisotopic (exact) mass is 424 g/mol. The molecule has 148 valence electrons. The summed E-state index contributed by atoms with van der Waals surface area (Å²) < 4.78 is 46.4. The Bertz CT molecular complexity index is 772. The summed E-state index contributed by atoms with van der Waals surface area (Å²) in [7, 11) is 0. The van der Waals surface area contributed by atoms with Crippen LogP contribution in [0.25, 0.3) is 0 Å². The average Bonchev–Trinajstić information content (AvgIpc) is 2.73. The molecular weight excluding hydrogens is 408 g/mol. The van der Waals surface area contributed by atoms with Crippen molar-refractivity contribution in [2.24, 2.45) is 11.0 Å². The Balaban J connectivity index is 1.83. The number of nitrogens with zero attached hydrogens (tertiary/aromatic N) is 2. The predicted molar refractivity (Wildman–Crippen MR) is 93.8 cm³/mol. The van der Waals surface area contributed by atoms with Crippen molar-refractivity contribution in [3.8, 4) is 5.75 Å². The van der Waals surface area contributed by atoms with Gasteiger partial charge in [-0.3, -0.25) is 4.79 Å². The molecule has 0 unspecified atom stereocenters. The molecule has 27 heavy (non-hydrogen) atoms. The number of benzene rings is 1. The molecule has 1 aliphatic carbocycles.